The van der Waals surface area contributed by atoms with Gasteiger partial charge in [-0.2, -0.15) is 0 Å². The van der Waals surface area contributed by atoms with E-state index in [1.165, 1.54) is 25.7 Å². The molecule has 0 bridgehead atoms. The van der Waals surface area contributed by atoms with E-state index in [2.05, 4.69) is 23.7 Å². The SMILES string of the molecule is CNC1CCC(CNCc2ccc(C)o2)CC1. The lowest BCUT2D eigenvalue weighted by Crippen LogP contribution is -2.33. The number of nitrogens with one attached hydrogen (secondary N) is 2. The maximum absolute atomic E-state index is 5.53. The summed E-state index contributed by atoms with van der Waals surface area (Å²) in [6.45, 7) is 3.97. The van der Waals surface area contributed by atoms with Crippen LogP contribution in [0.4, 0.5) is 0 Å². The summed E-state index contributed by atoms with van der Waals surface area (Å²) in [7, 11) is 2.07. The summed E-state index contributed by atoms with van der Waals surface area (Å²) in [6.07, 6.45) is 5.33. The Bertz CT molecular complexity index is 327. The van der Waals surface area contributed by atoms with Gasteiger partial charge in [-0.3, -0.25) is 0 Å². The fourth-order valence-electron chi connectivity index (χ4n) is 2.63. The van der Waals surface area contributed by atoms with E-state index < -0.39 is 0 Å². The van der Waals surface area contributed by atoms with Crippen molar-refractivity contribution in [3.63, 3.8) is 0 Å². The van der Waals surface area contributed by atoms with Crippen molar-refractivity contribution in [2.75, 3.05) is 13.6 Å². The monoisotopic (exact) mass is 236 g/mol. The van der Waals surface area contributed by atoms with Crippen LogP contribution in [0.2, 0.25) is 0 Å². The summed E-state index contributed by atoms with van der Waals surface area (Å²) in [6, 6.07) is 4.83. The van der Waals surface area contributed by atoms with Crippen LogP contribution in [-0.4, -0.2) is 19.6 Å². The van der Waals surface area contributed by atoms with Crippen LogP contribution in [0.5, 0.6) is 0 Å². The van der Waals surface area contributed by atoms with Gasteiger partial charge in [0.15, 0.2) is 0 Å². The van der Waals surface area contributed by atoms with E-state index in [-0.39, 0.29) is 0 Å². The lowest BCUT2D eigenvalue weighted by atomic mass is 9.86. The van der Waals surface area contributed by atoms with Gasteiger partial charge >= 0.3 is 0 Å². The summed E-state index contributed by atoms with van der Waals surface area (Å²) in [5.74, 6) is 2.89. The summed E-state index contributed by atoms with van der Waals surface area (Å²) in [5, 5.41) is 6.88. The molecule has 2 rings (SSSR count). The first-order valence-corrected chi connectivity index (χ1v) is 6.71. The van der Waals surface area contributed by atoms with Gasteiger partial charge < -0.3 is 15.1 Å². The predicted molar refractivity (Wildman–Crippen MR) is 70.0 cm³/mol. The van der Waals surface area contributed by atoms with Crippen molar-refractivity contribution in [2.45, 2.75) is 45.2 Å². The molecule has 1 aliphatic rings. The lowest BCUT2D eigenvalue weighted by Gasteiger charge is -2.28. The van der Waals surface area contributed by atoms with E-state index in [4.69, 9.17) is 4.42 Å². The van der Waals surface area contributed by atoms with Crippen molar-refractivity contribution in [3.05, 3.63) is 23.7 Å². The lowest BCUT2D eigenvalue weighted by molar-refractivity contribution is 0.290. The minimum Gasteiger partial charge on any atom is -0.465 e. The van der Waals surface area contributed by atoms with Crippen molar-refractivity contribution in [1.82, 2.24) is 10.6 Å². The molecule has 0 unspecified atom stereocenters. The highest BCUT2D eigenvalue weighted by molar-refractivity contribution is 5.05. The fourth-order valence-corrected chi connectivity index (χ4v) is 2.63. The highest BCUT2D eigenvalue weighted by Gasteiger charge is 2.19. The average Bonchev–Trinajstić information content (AvgIpc) is 2.76. The molecule has 1 aromatic heterocycles. The molecular weight excluding hydrogens is 212 g/mol. The Balaban J connectivity index is 1.63. The molecule has 0 aliphatic heterocycles. The Morgan fingerprint density at radius 2 is 2.00 bits per heavy atom. The molecule has 96 valence electrons. The molecule has 17 heavy (non-hydrogen) atoms. The summed E-state index contributed by atoms with van der Waals surface area (Å²) in [4.78, 5) is 0. The predicted octanol–water partition coefficient (Wildman–Crippen LogP) is 2.46. The topological polar surface area (TPSA) is 37.2 Å². The first-order chi connectivity index (χ1) is 8.28. The van der Waals surface area contributed by atoms with E-state index in [1.807, 2.05) is 13.0 Å². The van der Waals surface area contributed by atoms with Crippen LogP contribution in [0.15, 0.2) is 16.5 Å². The second kappa shape index (κ2) is 6.22. The Morgan fingerprint density at radius 1 is 1.24 bits per heavy atom. The molecule has 0 saturated heterocycles. The highest BCUT2D eigenvalue weighted by atomic mass is 16.3. The molecule has 1 aromatic rings. The van der Waals surface area contributed by atoms with E-state index in [0.29, 0.717) is 0 Å². The molecule has 0 atom stereocenters. The van der Waals surface area contributed by atoms with Gasteiger partial charge in [0.1, 0.15) is 11.5 Å². The largest absolute Gasteiger partial charge is 0.465 e. The second-order valence-electron chi connectivity index (χ2n) is 5.15. The zero-order valence-corrected chi connectivity index (χ0v) is 11.0. The fraction of sp³-hybridized carbons (Fsp3) is 0.714. The number of hydrogen-bond donors (Lipinski definition) is 2. The Labute approximate surface area is 104 Å². The summed E-state index contributed by atoms with van der Waals surface area (Å²) in [5.41, 5.74) is 0. The Hall–Kier alpha value is -0.800. The third-order valence-electron chi connectivity index (χ3n) is 3.78. The normalized spacial score (nSPS) is 25.1. The first-order valence-electron chi connectivity index (χ1n) is 6.71. The van der Waals surface area contributed by atoms with Gasteiger partial charge in [-0.25, -0.2) is 0 Å². The van der Waals surface area contributed by atoms with Gasteiger partial charge in [-0.15, -0.1) is 0 Å². The number of furan rings is 1. The van der Waals surface area contributed by atoms with Crippen LogP contribution >= 0.6 is 0 Å². The third kappa shape index (κ3) is 3.86. The van der Waals surface area contributed by atoms with Crippen molar-refractivity contribution in [2.24, 2.45) is 5.92 Å². The van der Waals surface area contributed by atoms with Gasteiger partial charge in [0, 0.05) is 6.04 Å². The molecule has 1 fully saturated rings. The molecule has 1 aliphatic carbocycles. The first kappa shape index (κ1) is 12.7. The molecule has 0 aromatic carbocycles. The molecule has 0 radical (unpaired) electrons. The molecule has 1 saturated carbocycles. The maximum atomic E-state index is 5.53. The average molecular weight is 236 g/mol. The molecule has 1 heterocycles. The Morgan fingerprint density at radius 3 is 2.59 bits per heavy atom. The van der Waals surface area contributed by atoms with E-state index in [9.17, 15) is 0 Å². The van der Waals surface area contributed by atoms with Crippen molar-refractivity contribution in [3.8, 4) is 0 Å². The number of aryl methyl sites for hydroxylation is 1. The number of rotatable bonds is 5. The maximum Gasteiger partial charge on any atom is 0.117 e. The van der Waals surface area contributed by atoms with E-state index in [0.717, 1.165) is 36.6 Å². The standard InChI is InChI=1S/C14H24N2O/c1-11-3-8-14(17-11)10-16-9-12-4-6-13(15-2)7-5-12/h3,8,12-13,15-16H,4-7,9-10H2,1-2H3. The minimum atomic E-state index is 0.749. The minimum absolute atomic E-state index is 0.749. The quantitative estimate of drug-likeness (QED) is 0.824. The molecular formula is C14H24N2O. The molecule has 0 amide bonds. The molecule has 0 spiro atoms. The summed E-state index contributed by atoms with van der Waals surface area (Å²) < 4.78 is 5.53. The van der Waals surface area contributed by atoms with Crippen LogP contribution < -0.4 is 10.6 Å². The highest BCUT2D eigenvalue weighted by Crippen LogP contribution is 2.23. The van der Waals surface area contributed by atoms with Crippen LogP contribution in [0, 0.1) is 12.8 Å². The van der Waals surface area contributed by atoms with E-state index >= 15 is 0 Å². The zero-order valence-electron chi connectivity index (χ0n) is 11.0. The summed E-state index contributed by atoms with van der Waals surface area (Å²) >= 11 is 0. The van der Waals surface area contributed by atoms with Crippen LogP contribution in [0.1, 0.15) is 37.2 Å². The zero-order chi connectivity index (χ0) is 12.1. The second-order valence-corrected chi connectivity index (χ2v) is 5.15. The Kier molecular flexibility index (Phi) is 4.63. The van der Waals surface area contributed by atoms with Gasteiger partial charge in [0.25, 0.3) is 0 Å². The van der Waals surface area contributed by atoms with Crippen molar-refractivity contribution in [1.29, 1.82) is 0 Å². The van der Waals surface area contributed by atoms with E-state index in [1.54, 1.807) is 0 Å². The molecule has 3 nitrogen and oxygen atoms in total. The smallest absolute Gasteiger partial charge is 0.117 e. The van der Waals surface area contributed by atoms with Crippen LogP contribution in [0.25, 0.3) is 0 Å². The number of hydrogen-bond acceptors (Lipinski definition) is 3. The van der Waals surface area contributed by atoms with Gasteiger partial charge in [-0.05, 0) is 64.3 Å². The molecule has 2 N–H and O–H groups in total. The van der Waals surface area contributed by atoms with Gasteiger partial charge in [0.2, 0.25) is 0 Å². The van der Waals surface area contributed by atoms with Gasteiger partial charge in [-0.1, -0.05) is 0 Å². The van der Waals surface area contributed by atoms with Crippen molar-refractivity contribution >= 4 is 0 Å². The molecule has 3 heteroatoms. The van der Waals surface area contributed by atoms with Gasteiger partial charge in [0.05, 0.1) is 6.54 Å². The van der Waals surface area contributed by atoms with Crippen LogP contribution in [-0.2, 0) is 6.54 Å². The third-order valence-corrected chi connectivity index (χ3v) is 3.78. The van der Waals surface area contributed by atoms with Crippen molar-refractivity contribution < 1.29 is 4.42 Å². The van der Waals surface area contributed by atoms with Crippen LogP contribution in [0.3, 0.4) is 0 Å².